The van der Waals surface area contributed by atoms with Gasteiger partial charge in [-0.15, -0.1) is 11.3 Å². The number of thiophene rings is 1. The molecule has 8 heteroatoms. The summed E-state index contributed by atoms with van der Waals surface area (Å²) in [6, 6.07) is 13.5. The summed E-state index contributed by atoms with van der Waals surface area (Å²) in [4.78, 5) is 34.7. The Bertz CT molecular complexity index is 1090. The van der Waals surface area contributed by atoms with Crippen molar-refractivity contribution in [2.75, 3.05) is 32.7 Å². The highest BCUT2D eigenvalue weighted by atomic mass is 32.1. The maximum atomic E-state index is 13.6. The maximum absolute atomic E-state index is 13.6. The van der Waals surface area contributed by atoms with Crippen LogP contribution in [0.3, 0.4) is 0 Å². The number of carbonyl (C=O) groups excluding carboxylic acids is 2. The molecule has 1 aliphatic rings. The highest BCUT2D eigenvalue weighted by Gasteiger charge is 2.25. The van der Waals surface area contributed by atoms with Crippen LogP contribution in [0.4, 0.5) is 4.39 Å². The maximum Gasteiger partial charge on any atom is 0.290 e. The molecule has 1 fully saturated rings. The van der Waals surface area contributed by atoms with E-state index < -0.39 is 0 Å². The second kappa shape index (κ2) is 12.1. The van der Waals surface area contributed by atoms with Gasteiger partial charge >= 0.3 is 0 Å². The number of rotatable bonds is 10. The molecule has 0 radical (unpaired) electrons. The van der Waals surface area contributed by atoms with Crippen molar-refractivity contribution in [2.24, 2.45) is 0 Å². The SMILES string of the molecule is Cc1ccc(CN(Cc2ccc(F)cc2)C(=O)CN(CCN2CCCCC2)C(=O)c2ccco2)s1. The smallest absolute Gasteiger partial charge is 0.290 e. The summed E-state index contributed by atoms with van der Waals surface area (Å²) in [5.74, 6) is -0.517. The second-order valence-electron chi connectivity index (χ2n) is 8.99. The number of hydrogen-bond acceptors (Lipinski definition) is 5. The van der Waals surface area contributed by atoms with E-state index in [1.807, 2.05) is 19.1 Å². The number of nitrogens with zero attached hydrogens (tertiary/aromatic N) is 3. The van der Waals surface area contributed by atoms with Crippen molar-refractivity contribution < 1.29 is 18.4 Å². The third-order valence-corrected chi connectivity index (χ3v) is 7.25. The number of halogens is 1. The molecule has 0 saturated carbocycles. The van der Waals surface area contributed by atoms with E-state index in [2.05, 4.69) is 4.90 Å². The number of hydrogen-bond donors (Lipinski definition) is 0. The Morgan fingerprint density at radius 3 is 2.43 bits per heavy atom. The second-order valence-corrected chi connectivity index (χ2v) is 10.4. The summed E-state index contributed by atoms with van der Waals surface area (Å²) in [5, 5.41) is 0. The molecule has 0 spiro atoms. The zero-order valence-corrected chi connectivity index (χ0v) is 20.9. The third-order valence-electron chi connectivity index (χ3n) is 6.26. The summed E-state index contributed by atoms with van der Waals surface area (Å²) in [6.45, 7) is 5.98. The molecule has 0 bridgehead atoms. The normalized spacial score (nSPS) is 14.1. The molecule has 1 aliphatic heterocycles. The fraction of sp³-hybridized carbons (Fsp3) is 0.407. The monoisotopic (exact) mass is 497 g/mol. The van der Waals surface area contributed by atoms with Gasteiger partial charge in [0.2, 0.25) is 5.91 Å². The molecule has 35 heavy (non-hydrogen) atoms. The Labute approximate surface area is 209 Å². The zero-order valence-electron chi connectivity index (χ0n) is 20.1. The van der Waals surface area contributed by atoms with E-state index in [0.29, 0.717) is 19.6 Å². The molecule has 0 N–H and O–H groups in total. The lowest BCUT2D eigenvalue weighted by molar-refractivity contribution is -0.133. The first-order valence-corrected chi connectivity index (χ1v) is 12.9. The van der Waals surface area contributed by atoms with E-state index in [9.17, 15) is 14.0 Å². The number of amides is 2. The van der Waals surface area contributed by atoms with Crippen LogP contribution in [0.5, 0.6) is 0 Å². The van der Waals surface area contributed by atoms with Gasteiger partial charge in [0, 0.05) is 29.4 Å². The average Bonchev–Trinajstić information content (AvgIpc) is 3.55. The van der Waals surface area contributed by atoms with Crippen LogP contribution in [0, 0.1) is 12.7 Å². The van der Waals surface area contributed by atoms with Gasteiger partial charge in [-0.2, -0.15) is 0 Å². The van der Waals surface area contributed by atoms with Crippen molar-refractivity contribution >= 4 is 23.2 Å². The Morgan fingerprint density at radius 1 is 1.00 bits per heavy atom. The van der Waals surface area contributed by atoms with Crippen LogP contribution in [0.2, 0.25) is 0 Å². The predicted molar refractivity (Wildman–Crippen MR) is 135 cm³/mol. The molecule has 4 rings (SSSR count). The highest BCUT2D eigenvalue weighted by Crippen LogP contribution is 2.20. The van der Waals surface area contributed by atoms with Crippen molar-refractivity contribution in [3.8, 4) is 0 Å². The molecule has 3 aromatic rings. The Balaban J connectivity index is 1.50. The molecular weight excluding hydrogens is 465 g/mol. The molecule has 1 saturated heterocycles. The fourth-order valence-electron chi connectivity index (χ4n) is 4.32. The van der Waals surface area contributed by atoms with Crippen LogP contribution in [-0.4, -0.2) is 59.2 Å². The van der Waals surface area contributed by atoms with Gasteiger partial charge in [0.15, 0.2) is 5.76 Å². The van der Waals surface area contributed by atoms with Gasteiger partial charge in [-0.05, 0) is 74.8 Å². The van der Waals surface area contributed by atoms with Crippen LogP contribution in [0.25, 0.3) is 0 Å². The molecule has 2 amide bonds. The molecular formula is C27H32FN3O3S. The Kier molecular flexibility index (Phi) is 8.71. The summed E-state index contributed by atoms with van der Waals surface area (Å²) < 4.78 is 18.8. The van der Waals surface area contributed by atoms with E-state index in [1.54, 1.807) is 45.4 Å². The van der Waals surface area contributed by atoms with Crippen molar-refractivity contribution in [1.29, 1.82) is 0 Å². The van der Waals surface area contributed by atoms with Gasteiger partial charge in [0.05, 0.1) is 12.8 Å². The minimum absolute atomic E-state index is 0.0427. The number of furan rings is 1. The molecule has 0 aliphatic carbocycles. The standard InChI is InChI=1S/C27H32FN3O3S/c1-21-7-12-24(35-21)19-31(18-22-8-10-23(28)11-9-22)26(32)20-30(27(33)25-6-5-17-34-25)16-15-29-13-3-2-4-14-29/h5-12,17H,2-4,13-16,18-20H2,1H3. The molecule has 3 heterocycles. The Morgan fingerprint density at radius 2 is 1.77 bits per heavy atom. The molecule has 0 unspecified atom stereocenters. The van der Waals surface area contributed by atoms with Crippen molar-refractivity contribution in [1.82, 2.24) is 14.7 Å². The molecule has 186 valence electrons. The van der Waals surface area contributed by atoms with Gasteiger partial charge in [-0.25, -0.2) is 4.39 Å². The van der Waals surface area contributed by atoms with Gasteiger partial charge in [-0.1, -0.05) is 18.6 Å². The fourth-order valence-corrected chi connectivity index (χ4v) is 5.22. The largest absolute Gasteiger partial charge is 0.459 e. The van der Waals surface area contributed by atoms with Gasteiger partial charge < -0.3 is 19.1 Å². The topological polar surface area (TPSA) is 57.0 Å². The zero-order chi connectivity index (χ0) is 24.6. The number of benzene rings is 1. The lowest BCUT2D eigenvalue weighted by atomic mass is 10.1. The summed E-state index contributed by atoms with van der Waals surface area (Å²) in [5.41, 5.74) is 0.838. The molecule has 0 atom stereocenters. The quantitative estimate of drug-likeness (QED) is 0.398. The van der Waals surface area contributed by atoms with Gasteiger partial charge in [0.1, 0.15) is 12.4 Å². The lowest BCUT2D eigenvalue weighted by Gasteiger charge is -2.31. The first-order chi connectivity index (χ1) is 17.0. The number of aryl methyl sites for hydroxylation is 1. The predicted octanol–water partition coefficient (Wildman–Crippen LogP) is 4.95. The number of piperidine rings is 1. The molecule has 2 aromatic heterocycles. The van der Waals surface area contributed by atoms with Crippen LogP contribution in [0.15, 0.2) is 59.2 Å². The van der Waals surface area contributed by atoms with Gasteiger partial charge in [0.25, 0.3) is 5.91 Å². The Hall–Kier alpha value is -2.97. The van der Waals surface area contributed by atoms with Crippen molar-refractivity contribution in [3.05, 3.63) is 81.7 Å². The minimum atomic E-state index is -0.312. The van der Waals surface area contributed by atoms with E-state index in [0.717, 1.165) is 42.9 Å². The van der Waals surface area contributed by atoms with Crippen LogP contribution in [0.1, 0.15) is 45.1 Å². The van der Waals surface area contributed by atoms with Crippen LogP contribution < -0.4 is 0 Å². The van der Waals surface area contributed by atoms with Crippen molar-refractivity contribution in [3.63, 3.8) is 0 Å². The highest BCUT2D eigenvalue weighted by molar-refractivity contribution is 7.11. The minimum Gasteiger partial charge on any atom is -0.459 e. The van der Waals surface area contributed by atoms with E-state index in [1.165, 1.54) is 29.7 Å². The van der Waals surface area contributed by atoms with E-state index in [4.69, 9.17) is 4.42 Å². The molecule has 1 aromatic carbocycles. The summed E-state index contributed by atoms with van der Waals surface area (Å²) >= 11 is 1.64. The average molecular weight is 498 g/mol. The van der Waals surface area contributed by atoms with Crippen LogP contribution >= 0.6 is 11.3 Å². The first kappa shape index (κ1) is 25.1. The first-order valence-electron chi connectivity index (χ1n) is 12.1. The number of carbonyl (C=O) groups is 2. The summed E-state index contributed by atoms with van der Waals surface area (Å²) in [7, 11) is 0. The van der Waals surface area contributed by atoms with E-state index in [-0.39, 0.29) is 29.9 Å². The lowest BCUT2D eigenvalue weighted by Crippen LogP contribution is -2.46. The molecule has 6 nitrogen and oxygen atoms in total. The summed E-state index contributed by atoms with van der Waals surface area (Å²) in [6.07, 6.45) is 5.04. The van der Waals surface area contributed by atoms with E-state index >= 15 is 0 Å². The van der Waals surface area contributed by atoms with Crippen molar-refractivity contribution in [2.45, 2.75) is 39.3 Å². The van der Waals surface area contributed by atoms with Gasteiger partial charge in [-0.3, -0.25) is 9.59 Å². The third kappa shape index (κ3) is 7.26. The number of likely N-dealkylation sites (tertiary alicyclic amines) is 1. The van der Waals surface area contributed by atoms with Crippen LogP contribution in [-0.2, 0) is 17.9 Å².